The van der Waals surface area contributed by atoms with Crippen LogP contribution in [0.25, 0.3) is 0 Å². The molecule has 0 radical (unpaired) electrons. The molecule has 0 aromatic heterocycles. The molecule has 210 valence electrons. The number of ketones is 1. The van der Waals surface area contributed by atoms with E-state index in [1.807, 2.05) is 18.9 Å². The quantitative estimate of drug-likeness (QED) is 0.364. The normalized spacial score (nSPS) is 15.9. The van der Waals surface area contributed by atoms with Crippen molar-refractivity contribution in [1.82, 2.24) is 10.2 Å². The third-order valence-corrected chi connectivity index (χ3v) is 6.31. The number of likely N-dealkylation sites (N-methyl/N-ethyl adjacent to an activating group) is 1. The van der Waals surface area contributed by atoms with E-state index in [1.165, 1.54) is 0 Å². The van der Waals surface area contributed by atoms with Crippen LogP contribution in [0.15, 0.2) is 30.3 Å². The lowest BCUT2D eigenvalue weighted by atomic mass is 10.0. The van der Waals surface area contributed by atoms with Gasteiger partial charge in [0.2, 0.25) is 6.10 Å². The third kappa shape index (κ3) is 6.35. The van der Waals surface area contributed by atoms with Crippen LogP contribution in [0.2, 0.25) is 0 Å². The molecule has 10 nitrogen and oxygen atoms in total. The van der Waals surface area contributed by atoms with Crippen LogP contribution in [0, 0.1) is 5.41 Å². The molecule has 2 aliphatic heterocycles. The highest BCUT2D eigenvalue weighted by Crippen LogP contribution is 2.35. The van der Waals surface area contributed by atoms with Gasteiger partial charge < -0.3 is 29.3 Å². The van der Waals surface area contributed by atoms with Crippen LogP contribution in [0.4, 0.5) is 5.69 Å². The second kappa shape index (κ2) is 11.6. The maximum Gasteiger partial charge on any atom is 0.349 e. The Balaban J connectivity index is 0.00000420. The molecule has 2 aromatic rings. The number of carbonyl (C=O) groups is 3. The fourth-order valence-corrected chi connectivity index (χ4v) is 4.53. The van der Waals surface area contributed by atoms with Gasteiger partial charge in [0.15, 0.2) is 5.78 Å². The smallest absolute Gasteiger partial charge is 0.349 e. The Hall–Kier alpha value is -3.60. The molecule has 39 heavy (non-hydrogen) atoms. The molecule has 2 aliphatic rings. The number of nitrogens with one attached hydrogen (secondary N) is 2. The first-order valence-corrected chi connectivity index (χ1v) is 12.6. The Bertz CT molecular complexity index is 1310. The van der Waals surface area contributed by atoms with E-state index in [1.54, 1.807) is 63.1 Å². The van der Waals surface area contributed by atoms with E-state index in [0.717, 1.165) is 5.56 Å². The number of rotatable bonds is 7. The first kappa shape index (κ1) is 29.9. The molecule has 11 heteroatoms. The molecule has 0 fully saturated rings. The predicted octanol–water partition coefficient (Wildman–Crippen LogP) is 3.59. The number of halogens is 1. The molecule has 2 N–H and O–H groups in total. The summed E-state index contributed by atoms with van der Waals surface area (Å²) in [5.41, 5.74) is 2.34. The average molecular weight is 604 g/mol. The topological polar surface area (TPSA) is 121 Å². The van der Waals surface area contributed by atoms with Crippen molar-refractivity contribution in [3.8, 4) is 11.5 Å². The monoisotopic (exact) mass is 602 g/mol. The van der Waals surface area contributed by atoms with Crippen molar-refractivity contribution in [2.24, 2.45) is 0 Å². The Labute approximate surface area is 238 Å². The summed E-state index contributed by atoms with van der Waals surface area (Å²) in [7, 11) is 3.38. The Morgan fingerprint density at radius 2 is 1.90 bits per heavy atom. The van der Waals surface area contributed by atoms with E-state index in [9.17, 15) is 14.4 Å². The van der Waals surface area contributed by atoms with Gasteiger partial charge >= 0.3 is 5.97 Å². The molecule has 0 saturated carbocycles. The van der Waals surface area contributed by atoms with Crippen LogP contribution in [0.1, 0.15) is 59.5 Å². The van der Waals surface area contributed by atoms with Crippen molar-refractivity contribution in [1.29, 1.82) is 5.41 Å². The van der Waals surface area contributed by atoms with Gasteiger partial charge in [-0.1, -0.05) is 0 Å². The Morgan fingerprint density at radius 1 is 1.18 bits per heavy atom. The third-order valence-electron chi connectivity index (χ3n) is 6.31. The second-order valence-electron chi connectivity index (χ2n) is 10.3. The molecule has 0 bridgehead atoms. The minimum atomic E-state index is -0.766. The Kier molecular flexibility index (Phi) is 8.94. The lowest BCUT2D eigenvalue weighted by Crippen LogP contribution is -2.45. The number of esters is 1. The van der Waals surface area contributed by atoms with Crippen molar-refractivity contribution in [3.63, 3.8) is 0 Å². The van der Waals surface area contributed by atoms with Gasteiger partial charge in [-0.15, -0.1) is 17.0 Å². The number of nitrogens with zero attached hydrogens (tertiary/aromatic N) is 2. The number of anilines is 1. The van der Waals surface area contributed by atoms with E-state index < -0.39 is 17.7 Å². The summed E-state index contributed by atoms with van der Waals surface area (Å²) in [6, 6.07) is 8.51. The summed E-state index contributed by atoms with van der Waals surface area (Å²) < 4.78 is 17.0. The van der Waals surface area contributed by atoms with Gasteiger partial charge in [-0.3, -0.25) is 15.0 Å². The summed E-state index contributed by atoms with van der Waals surface area (Å²) in [4.78, 5) is 41.7. The van der Waals surface area contributed by atoms with E-state index in [2.05, 4.69) is 5.32 Å². The lowest BCUT2D eigenvalue weighted by Gasteiger charge is -2.34. The van der Waals surface area contributed by atoms with E-state index in [4.69, 9.17) is 19.6 Å². The zero-order chi connectivity index (χ0) is 27.8. The zero-order valence-electron chi connectivity index (χ0n) is 23.0. The van der Waals surface area contributed by atoms with Crippen molar-refractivity contribution < 1.29 is 28.6 Å². The molecule has 0 saturated heterocycles. The van der Waals surface area contributed by atoms with Crippen molar-refractivity contribution in [2.75, 3.05) is 38.7 Å². The number of ether oxygens (including phenoxy) is 3. The molecule has 0 aliphatic carbocycles. The lowest BCUT2D eigenvalue weighted by molar-refractivity contribution is -0.163. The maximum atomic E-state index is 13.2. The van der Waals surface area contributed by atoms with Crippen LogP contribution in [0.5, 0.6) is 11.5 Å². The number of amidine groups is 1. The van der Waals surface area contributed by atoms with E-state index >= 15 is 0 Å². The van der Waals surface area contributed by atoms with Crippen LogP contribution < -0.4 is 19.7 Å². The van der Waals surface area contributed by atoms with Crippen LogP contribution >= 0.6 is 17.0 Å². The second-order valence-corrected chi connectivity index (χ2v) is 10.3. The molecule has 2 heterocycles. The van der Waals surface area contributed by atoms with Gasteiger partial charge in [-0.25, -0.2) is 4.79 Å². The molecule has 4 rings (SSSR count). The van der Waals surface area contributed by atoms with E-state index in [-0.39, 0.29) is 41.1 Å². The number of Topliss-reactive ketones (excluding diaryl/α,β-unsaturated/α-hetero) is 1. The van der Waals surface area contributed by atoms with Crippen molar-refractivity contribution in [2.45, 2.75) is 45.9 Å². The number of benzene rings is 2. The summed E-state index contributed by atoms with van der Waals surface area (Å²) in [6.45, 7) is 8.31. The van der Waals surface area contributed by atoms with Gasteiger partial charge in [0.05, 0.1) is 30.9 Å². The number of hydrogen-bond acceptors (Lipinski definition) is 8. The van der Waals surface area contributed by atoms with E-state index in [0.29, 0.717) is 53.6 Å². The van der Waals surface area contributed by atoms with Gasteiger partial charge in [0.1, 0.15) is 22.9 Å². The largest absolute Gasteiger partial charge is 0.493 e. The van der Waals surface area contributed by atoms with Gasteiger partial charge in [0, 0.05) is 31.8 Å². The van der Waals surface area contributed by atoms with Crippen molar-refractivity contribution in [3.05, 3.63) is 52.6 Å². The summed E-state index contributed by atoms with van der Waals surface area (Å²) in [5.74, 6) is 0.235. The molecule has 2 aromatic carbocycles. The number of amides is 1. The number of carbonyl (C=O) groups excluding carboxylic acids is 3. The fourth-order valence-electron chi connectivity index (χ4n) is 4.53. The SMILES string of the molecule is Br.CCOc1cc2c(cc1C(=O)NC)C(=N)N(CC(=O)c1ccc3c(c1)N(C)CC(C(=O)OC(C)(C)C)O3)C2. The summed E-state index contributed by atoms with van der Waals surface area (Å²) in [6.07, 6.45) is -0.766. The molecule has 1 unspecified atom stereocenters. The minimum Gasteiger partial charge on any atom is -0.493 e. The fraction of sp³-hybridized carbons (Fsp3) is 0.429. The summed E-state index contributed by atoms with van der Waals surface area (Å²) in [5, 5.41) is 11.2. The first-order chi connectivity index (χ1) is 17.9. The molecule has 1 atom stereocenters. The minimum absolute atomic E-state index is 0. The maximum absolute atomic E-state index is 13.2. The predicted molar refractivity (Wildman–Crippen MR) is 153 cm³/mol. The number of fused-ring (bicyclic) bond motifs is 2. The molecule has 0 spiro atoms. The molecular weight excluding hydrogens is 568 g/mol. The molecular formula is C28H35BrN4O6. The standard InChI is InChI=1S/C28H34N4O6.BrH/c1-7-36-23-11-17-13-32(25(29)18(17)12-19(23)26(34)30-5)14-21(33)16-8-9-22-20(10-16)31(6)15-24(37-22)27(35)38-28(2,3)4;/h8-12,24,29H,7,13-15H2,1-6H3,(H,30,34);1H. The van der Waals surface area contributed by atoms with Gasteiger partial charge in [-0.05, 0) is 63.6 Å². The average Bonchev–Trinajstić information content (AvgIpc) is 3.15. The highest BCUT2D eigenvalue weighted by Gasteiger charge is 2.34. The Morgan fingerprint density at radius 3 is 2.54 bits per heavy atom. The number of hydrogen-bond donors (Lipinski definition) is 2. The first-order valence-electron chi connectivity index (χ1n) is 12.6. The van der Waals surface area contributed by atoms with Crippen LogP contribution in [0.3, 0.4) is 0 Å². The van der Waals surface area contributed by atoms with Crippen molar-refractivity contribution >= 4 is 46.2 Å². The van der Waals surface area contributed by atoms with Gasteiger partial charge in [0.25, 0.3) is 5.91 Å². The van der Waals surface area contributed by atoms with Crippen LogP contribution in [-0.4, -0.2) is 73.9 Å². The highest BCUT2D eigenvalue weighted by atomic mass is 79.9. The summed E-state index contributed by atoms with van der Waals surface area (Å²) >= 11 is 0. The highest BCUT2D eigenvalue weighted by molar-refractivity contribution is 8.93. The van der Waals surface area contributed by atoms with Gasteiger partial charge in [-0.2, -0.15) is 0 Å². The van der Waals surface area contributed by atoms with Crippen LogP contribution in [-0.2, 0) is 16.1 Å². The zero-order valence-corrected chi connectivity index (χ0v) is 24.8. The molecule has 1 amide bonds.